The van der Waals surface area contributed by atoms with E-state index in [2.05, 4.69) is 5.32 Å². The molecule has 1 fully saturated rings. The van der Waals surface area contributed by atoms with Crippen LogP contribution in [-0.4, -0.2) is 24.3 Å². The topological polar surface area (TPSA) is 58.3 Å². The molecule has 15 heavy (non-hydrogen) atoms. The zero-order chi connectivity index (χ0) is 11.1. The number of nitrogen functional groups attached to an aromatic ring is 1. The molecular formula is C11H17FN2O. The van der Waals surface area contributed by atoms with Gasteiger partial charge >= 0.3 is 0 Å². The van der Waals surface area contributed by atoms with Gasteiger partial charge in [-0.25, -0.2) is 4.39 Å². The smallest absolute Gasteiger partial charge is 0.125 e. The molecule has 4 N–H and O–H groups in total. The van der Waals surface area contributed by atoms with Crippen LogP contribution < -0.4 is 11.1 Å². The zero-order valence-corrected chi connectivity index (χ0v) is 8.62. The van der Waals surface area contributed by atoms with Crippen molar-refractivity contribution >= 4 is 5.69 Å². The first kappa shape index (κ1) is 11.9. The van der Waals surface area contributed by atoms with E-state index in [9.17, 15) is 4.39 Å². The van der Waals surface area contributed by atoms with Crippen LogP contribution in [0, 0.1) is 5.82 Å². The predicted octanol–water partition coefficient (Wildman–Crippen LogP) is 1.14. The predicted molar refractivity (Wildman–Crippen MR) is 58.9 cm³/mol. The third kappa shape index (κ3) is 5.34. The van der Waals surface area contributed by atoms with Crippen molar-refractivity contribution in [3.63, 3.8) is 0 Å². The first-order valence-corrected chi connectivity index (χ1v) is 5.08. The van der Waals surface area contributed by atoms with E-state index in [1.807, 2.05) is 0 Å². The molecule has 1 aromatic carbocycles. The Balaban J connectivity index is 0.000000151. The summed E-state index contributed by atoms with van der Waals surface area (Å²) in [6, 6.07) is 5.85. The van der Waals surface area contributed by atoms with Gasteiger partial charge in [-0.05, 0) is 44.1 Å². The minimum Gasteiger partial charge on any atom is -0.399 e. The number of nitrogens with one attached hydrogen (secondary N) is 1. The summed E-state index contributed by atoms with van der Waals surface area (Å²) in [4.78, 5) is 0. The Labute approximate surface area is 89.1 Å². The Morgan fingerprint density at radius 2 is 2.00 bits per heavy atom. The van der Waals surface area contributed by atoms with Crippen LogP contribution in [-0.2, 0) is 0 Å². The van der Waals surface area contributed by atoms with Gasteiger partial charge in [-0.3, -0.25) is 0 Å². The normalized spacial score (nSPS) is 16.7. The van der Waals surface area contributed by atoms with Gasteiger partial charge in [-0.15, -0.1) is 0 Å². The highest BCUT2D eigenvalue weighted by molar-refractivity contribution is 5.36. The largest absolute Gasteiger partial charge is 0.399 e. The van der Waals surface area contributed by atoms with Crippen molar-refractivity contribution in [3.05, 3.63) is 30.1 Å². The maximum absolute atomic E-state index is 12.1. The summed E-state index contributed by atoms with van der Waals surface area (Å²) in [5.41, 5.74) is 5.68. The highest BCUT2D eigenvalue weighted by Crippen LogP contribution is 2.02. The van der Waals surface area contributed by atoms with Crippen LogP contribution in [0.2, 0.25) is 0 Å². The monoisotopic (exact) mass is 212 g/mol. The van der Waals surface area contributed by atoms with Crippen molar-refractivity contribution in [2.24, 2.45) is 0 Å². The van der Waals surface area contributed by atoms with Gasteiger partial charge in [0.05, 0.1) is 6.10 Å². The highest BCUT2D eigenvalue weighted by Gasteiger charge is 2.06. The van der Waals surface area contributed by atoms with E-state index in [-0.39, 0.29) is 11.9 Å². The highest BCUT2D eigenvalue weighted by atomic mass is 19.1. The lowest BCUT2D eigenvalue weighted by Gasteiger charge is -2.16. The van der Waals surface area contributed by atoms with Gasteiger partial charge in [-0.1, -0.05) is 6.07 Å². The molecule has 0 spiro atoms. The molecule has 2 rings (SSSR count). The molecule has 0 atom stereocenters. The fourth-order valence-corrected chi connectivity index (χ4v) is 1.31. The van der Waals surface area contributed by atoms with Crippen LogP contribution in [0.1, 0.15) is 12.8 Å². The van der Waals surface area contributed by atoms with Crippen molar-refractivity contribution < 1.29 is 9.50 Å². The van der Waals surface area contributed by atoms with Crippen LogP contribution in [0.15, 0.2) is 24.3 Å². The third-order valence-electron chi connectivity index (χ3n) is 2.16. The molecule has 0 radical (unpaired) electrons. The Hall–Kier alpha value is -1.13. The van der Waals surface area contributed by atoms with Crippen LogP contribution in [0.3, 0.4) is 0 Å². The van der Waals surface area contributed by atoms with Crippen LogP contribution in [0.4, 0.5) is 10.1 Å². The molecular weight excluding hydrogens is 195 g/mol. The Morgan fingerprint density at radius 1 is 1.33 bits per heavy atom. The van der Waals surface area contributed by atoms with Gasteiger partial charge in [0.1, 0.15) is 5.82 Å². The van der Waals surface area contributed by atoms with E-state index >= 15 is 0 Å². The second-order valence-electron chi connectivity index (χ2n) is 3.54. The van der Waals surface area contributed by atoms with Crippen molar-refractivity contribution in [3.8, 4) is 0 Å². The molecule has 1 heterocycles. The fourth-order valence-electron chi connectivity index (χ4n) is 1.31. The number of halogens is 1. The fraction of sp³-hybridized carbons (Fsp3) is 0.455. The van der Waals surface area contributed by atoms with Gasteiger partial charge in [0.2, 0.25) is 0 Å². The lowest BCUT2D eigenvalue weighted by atomic mass is 10.1. The maximum Gasteiger partial charge on any atom is 0.125 e. The molecule has 0 amide bonds. The van der Waals surface area contributed by atoms with Crippen molar-refractivity contribution in [2.45, 2.75) is 18.9 Å². The van der Waals surface area contributed by atoms with Gasteiger partial charge < -0.3 is 16.2 Å². The number of aliphatic hydroxyl groups excluding tert-OH is 1. The average molecular weight is 212 g/mol. The number of benzene rings is 1. The Morgan fingerprint density at radius 3 is 2.33 bits per heavy atom. The third-order valence-corrected chi connectivity index (χ3v) is 2.16. The minimum absolute atomic E-state index is 0.0266. The van der Waals surface area contributed by atoms with Crippen molar-refractivity contribution in [1.82, 2.24) is 5.32 Å². The number of nitrogens with two attached hydrogens (primary N) is 1. The molecule has 1 aliphatic heterocycles. The number of hydrogen-bond donors (Lipinski definition) is 3. The van der Waals surface area contributed by atoms with Crippen molar-refractivity contribution in [2.75, 3.05) is 18.8 Å². The summed E-state index contributed by atoms with van der Waals surface area (Å²) in [7, 11) is 0. The Bertz CT molecular complexity index is 270. The van der Waals surface area contributed by atoms with Gasteiger partial charge in [0.15, 0.2) is 0 Å². The second kappa shape index (κ2) is 6.37. The van der Waals surface area contributed by atoms with Gasteiger partial charge in [-0.2, -0.15) is 0 Å². The van der Waals surface area contributed by atoms with E-state index in [1.165, 1.54) is 12.1 Å². The van der Waals surface area contributed by atoms with Crippen LogP contribution in [0.25, 0.3) is 0 Å². The summed E-state index contributed by atoms with van der Waals surface area (Å²) in [5.74, 6) is -0.287. The van der Waals surface area contributed by atoms with E-state index in [1.54, 1.807) is 12.1 Å². The number of piperidine rings is 1. The lowest BCUT2D eigenvalue weighted by molar-refractivity contribution is 0.137. The van der Waals surface area contributed by atoms with Crippen molar-refractivity contribution in [1.29, 1.82) is 0 Å². The summed E-state index contributed by atoms with van der Waals surface area (Å²) in [5, 5.41) is 12.0. The molecule has 0 aliphatic carbocycles. The molecule has 0 saturated carbocycles. The number of anilines is 1. The molecule has 1 aromatic rings. The molecule has 3 nitrogen and oxygen atoms in total. The van der Waals surface area contributed by atoms with Gasteiger partial charge in [0.25, 0.3) is 0 Å². The molecule has 1 saturated heterocycles. The zero-order valence-electron chi connectivity index (χ0n) is 8.62. The first-order valence-electron chi connectivity index (χ1n) is 5.08. The Kier molecular flexibility index (Phi) is 5.07. The van der Waals surface area contributed by atoms with E-state index < -0.39 is 0 Å². The van der Waals surface area contributed by atoms with E-state index in [0.29, 0.717) is 5.69 Å². The summed E-state index contributed by atoms with van der Waals surface area (Å²) < 4.78 is 12.1. The van der Waals surface area contributed by atoms with Gasteiger partial charge in [0, 0.05) is 5.69 Å². The molecule has 0 bridgehead atoms. The number of hydrogen-bond acceptors (Lipinski definition) is 3. The summed E-state index contributed by atoms with van der Waals surface area (Å²) >= 11 is 0. The van der Waals surface area contributed by atoms with Crippen LogP contribution >= 0.6 is 0 Å². The average Bonchev–Trinajstić information content (AvgIpc) is 2.19. The van der Waals surface area contributed by atoms with E-state index in [4.69, 9.17) is 10.8 Å². The SMILES string of the molecule is Nc1cccc(F)c1.OC1CCNCC1. The van der Waals surface area contributed by atoms with Crippen LogP contribution in [0.5, 0.6) is 0 Å². The lowest BCUT2D eigenvalue weighted by Crippen LogP contribution is -2.30. The molecule has 0 unspecified atom stereocenters. The minimum atomic E-state index is -0.287. The van der Waals surface area contributed by atoms with E-state index in [0.717, 1.165) is 25.9 Å². The number of aliphatic hydroxyl groups is 1. The first-order chi connectivity index (χ1) is 7.18. The molecule has 4 heteroatoms. The summed E-state index contributed by atoms with van der Waals surface area (Å²) in [6.07, 6.45) is 1.83. The quantitative estimate of drug-likeness (QED) is 0.565. The molecule has 0 aromatic heterocycles. The number of rotatable bonds is 0. The molecule has 1 aliphatic rings. The maximum atomic E-state index is 12.1. The summed E-state index contributed by atoms with van der Waals surface area (Å²) in [6.45, 7) is 1.97. The second-order valence-corrected chi connectivity index (χ2v) is 3.54. The molecule has 84 valence electrons. The standard InChI is InChI=1S/C6H6FN.C5H11NO/c7-5-2-1-3-6(8)4-5;7-5-1-3-6-4-2-5/h1-4H,8H2;5-7H,1-4H2.